The fourth-order valence-electron chi connectivity index (χ4n) is 2.51. The Morgan fingerprint density at radius 3 is 2.39 bits per heavy atom. The van der Waals surface area contributed by atoms with E-state index >= 15 is 0 Å². The van der Waals surface area contributed by atoms with E-state index < -0.39 is 15.6 Å². The van der Waals surface area contributed by atoms with E-state index in [-0.39, 0.29) is 23.2 Å². The number of nitrogens with zero attached hydrogens (tertiary/aromatic N) is 2. The highest BCUT2D eigenvalue weighted by molar-refractivity contribution is 7.89. The summed E-state index contributed by atoms with van der Waals surface area (Å²) in [5.74, 6) is -0.203. The zero-order valence-corrected chi connectivity index (χ0v) is 14.9. The molecule has 0 aliphatic carbocycles. The minimum Gasteiger partial charge on any atom is -0.382 e. The van der Waals surface area contributed by atoms with Crippen LogP contribution in [-0.4, -0.2) is 22.9 Å². The van der Waals surface area contributed by atoms with Crippen molar-refractivity contribution in [3.8, 4) is 11.1 Å². The molecule has 2 aromatic rings. The Labute approximate surface area is 140 Å². The van der Waals surface area contributed by atoms with Gasteiger partial charge in [-0.2, -0.15) is 4.09 Å². The highest BCUT2D eigenvalue weighted by Crippen LogP contribution is 2.31. The number of anilines is 1. The average molecular weight is 358 g/mol. The summed E-state index contributed by atoms with van der Waals surface area (Å²) in [6.45, 7) is 5.22. The number of aromatic nitrogens is 2. The van der Waals surface area contributed by atoms with Gasteiger partial charge in [0.25, 0.3) is 15.6 Å². The highest BCUT2D eigenvalue weighted by Gasteiger charge is 2.28. The highest BCUT2D eigenvalue weighted by atomic mass is 35.5. The molecule has 0 atom stereocenters. The first-order valence-electron chi connectivity index (χ1n) is 7.33. The van der Waals surface area contributed by atoms with Crippen LogP contribution in [0.15, 0.2) is 29.1 Å². The number of benzene rings is 1. The average Bonchev–Trinajstić information content (AvgIpc) is 2.72. The van der Waals surface area contributed by atoms with Gasteiger partial charge in [-0.3, -0.25) is 4.79 Å². The van der Waals surface area contributed by atoms with Gasteiger partial charge in [0.15, 0.2) is 0 Å². The van der Waals surface area contributed by atoms with Gasteiger partial charge in [0.1, 0.15) is 5.82 Å². The maximum atomic E-state index is 12.8. The van der Waals surface area contributed by atoms with Gasteiger partial charge in [0.2, 0.25) is 0 Å². The summed E-state index contributed by atoms with van der Waals surface area (Å²) >= 11 is 6.16. The molecular weight excluding hydrogens is 338 g/mol. The van der Waals surface area contributed by atoms with E-state index in [0.717, 1.165) is 4.09 Å². The second-order valence-corrected chi connectivity index (χ2v) is 7.87. The van der Waals surface area contributed by atoms with Gasteiger partial charge in [0.05, 0.1) is 11.3 Å². The predicted octanol–water partition coefficient (Wildman–Crippen LogP) is 2.72. The molecule has 0 saturated heterocycles. The summed E-state index contributed by atoms with van der Waals surface area (Å²) in [6.07, 6.45) is 0.424. The first kappa shape index (κ1) is 17.6. The van der Waals surface area contributed by atoms with Crippen molar-refractivity contribution < 1.29 is 8.42 Å². The van der Waals surface area contributed by atoms with Crippen molar-refractivity contribution >= 4 is 27.4 Å². The molecular formula is C15H20ClN3O3S. The molecule has 0 saturated carbocycles. The largest absolute Gasteiger partial charge is 0.382 e. The van der Waals surface area contributed by atoms with E-state index in [9.17, 15) is 13.2 Å². The third-order valence-corrected chi connectivity index (χ3v) is 5.59. The fraction of sp³-hybridized carbons (Fsp3) is 0.400. The van der Waals surface area contributed by atoms with Crippen LogP contribution >= 0.6 is 11.6 Å². The van der Waals surface area contributed by atoms with Crippen molar-refractivity contribution in [1.29, 1.82) is 0 Å². The first-order valence-corrected chi connectivity index (χ1v) is 9.32. The van der Waals surface area contributed by atoms with Gasteiger partial charge in [-0.25, -0.2) is 13.1 Å². The fourth-order valence-corrected chi connectivity index (χ4v) is 4.35. The minimum atomic E-state index is -3.73. The van der Waals surface area contributed by atoms with E-state index in [1.807, 2.05) is 0 Å². The topological polar surface area (TPSA) is 87.1 Å². The third-order valence-electron chi connectivity index (χ3n) is 3.44. The molecule has 0 aliphatic rings. The predicted molar refractivity (Wildman–Crippen MR) is 93.4 cm³/mol. The molecule has 0 spiro atoms. The number of hydrogen-bond donors (Lipinski definition) is 1. The van der Waals surface area contributed by atoms with E-state index in [0.29, 0.717) is 17.0 Å². The van der Waals surface area contributed by atoms with Crippen LogP contribution in [0.1, 0.15) is 33.2 Å². The van der Waals surface area contributed by atoms with Gasteiger partial charge in [-0.15, -0.1) is 0 Å². The Bertz CT molecular complexity index is 882. The molecule has 2 N–H and O–H groups in total. The number of nitrogen functional groups attached to an aromatic ring is 1. The van der Waals surface area contributed by atoms with Crippen LogP contribution in [0.3, 0.4) is 0 Å². The lowest BCUT2D eigenvalue weighted by atomic mass is 10.1. The minimum absolute atomic E-state index is 0.0972. The van der Waals surface area contributed by atoms with Crippen LogP contribution in [-0.2, 0) is 10.0 Å². The Hall–Kier alpha value is -1.73. The van der Waals surface area contributed by atoms with Gasteiger partial charge in [0, 0.05) is 16.6 Å². The second-order valence-electron chi connectivity index (χ2n) is 5.54. The smallest absolute Gasteiger partial charge is 0.278 e. The van der Waals surface area contributed by atoms with E-state index in [1.54, 1.807) is 45.0 Å². The van der Waals surface area contributed by atoms with Crippen LogP contribution in [0, 0.1) is 0 Å². The summed E-state index contributed by atoms with van der Waals surface area (Å²) in [5, 5.41) is 0.345. The molecule has 8 heteroatoms. The molecule has 126 valence electrons. The van der Waals surface area contributed by atoms with Crippen molar-refractivity contribution in [2.75, 3.05) is 11.5 Å². The number of rotatable bonds is 5. The van der Waals surface area contributed by atoms with Gasteiger partial charge in [-0.1, -0.05) is 36.7 Å². The molecule has 2 rings (SSSR count). The molecule has 1 aromatic carbocycles. The van der Waals surface area contributed by atoms with Crippen molar-refractivity contribution in [2.45, 2.75) is 33.2 Å². The first-order chi connectivity index (χ1) is 10.7. The second kappa shape index (κ2) is 6.41. The van der Waals surface area contributed by atoms with Crippen LogP contribution in [0.4, 0.5) is 5.82 Å². The quantitative estimate of drug-likeness (QED) is 0.891. The van der Waals surface area contributed by atoms with E-state index in [4.69, 9.17) is 17.3 Å². The van der Waals surface area contributed by atoms with Crippen LogP contribution in [0.2, 0.25) is 5.02 Å². The summed E-state index contributed by atoms with van der Waals surface area (Å²) < 4.78 is 27.2. The van der Waals surface area contributed by atoms with Crippen LogP contribution < -0.4 is 11.3 Å². The number of halogens is 1. The molecule has 0 amide bonds. The third kappa shape index (κ3) is 3.03. The zero-order chi connectivity index (χ0) is 17.4. The Kier molecular flexibility index (Phi) is 4.91. The van der Waals surface area contributed by atoms with E-state index in [2.05, 4.69) is 0 Å². The maximum absolute atomic E-state index is 12.8. The van der Waals surface area contributed by atoms with Crippen molar-refractivity contribution in [2.24, 2.45) is 0 Å². The monoisotopic (exact) mass is 357 g/mol. The van der Waals surface area contributed by atoms with E-state index in [1.165, 1.54) is 4.68 Å². The summed E-state index contributed by atoms with van der Waals surface area (Å²) in [6, 6.07) is 6.36. The summed E-state index contributed by atoms with van der Waals surface area (Å²) in [4.78, 5) is 12.8. The Morgan fingerprint density at radius 2 is 1.87 bits per heavy atom. The number of hydrogen-bond acceptors (Lipinski definition) is 4. The van der Waals surface area contributed by atoms with Crippen LogP contribution in [0.5, 0.6) is 0 Å². The zero-order valence-electron chi connectivity index (χ0n) is 13.3. The molecule has 0 fully saturated rings. The summed E-state index contributed by atoms with van der Waals surface area (Å²) in [7, 11) is -3.73. The van der Waals surface area contributed by atoms with Gasteiger partial charge >= 0.3 is 0 Å². The van der Waals surface area contributed by atoms with Gasteiger partial charge < -0.3 is 5.73 Å². The Balaban J connectivity index is 2.89. The van der Waals surface area contributed by atoms with Crippen LogP contribution in [0.25, 0.3) is 11.1 Å². The molecule has 0 radical (unpaired) electrons. The van der Waals surface area contributed by atoms with Crippen molar-refractivity contribution in [3.05, 3.63) is 39.6 Å². The lowest BCUT2D eigenvalue weighted by Crippen LogP contribution is -2.31. The van der Waals surface area contributed by atoms with Crippen molar-refractivity contribution in [3.63, 3.8) is 0 Å². The number of nitrogens with two attached hydrogens (primary N) is 1. The lowest BCUT2D eigenvalue weighted by Gasteiger charge is -2.15. The molecule has 0 aliphatic heterocycles. The molecule has 1 heterocycles. The normalized spacial score (nSPS) is 12.0. The molecule has 0 unspecified atom stereocenters. The van der Waals surface area contributed by atoms with Crippen molar-refractivity contribution in [1.82, 2.24) is 8.77 Å². The molecule has 6 nitrogen and oxygen atoms in total. The molecule has 1 aromatic heterocycles. The standard InChI is InChI=1S/C15H20ClN3O3S/c1-4-9-23(21,22)19-14(17)13(15(20)18(19)10(2)3)11-7-5-6-8-12(11)16/h5-8,10H,4,9,17H2,1-3H3. The lowest BCUT2D eigenvalue weighted by molar-refractivity contribution is 0.474. The molecule has 0 bridgehead atoms. The Morgan fingerprint density at radius 1 is 1.26 bits per heavy atom. The maximum Gasteiger partial charge on any atom is 0.278 e. The molecule has 23 heavy (non-hydrogen) atoms. The summed E-state index contributed by atoms with van der Waals surface area (Å²) in [5.41, 5.74) is 6.14. The van der Waals surface area contributed by atoms with Gasteiger partial charge in [-0.05, 0) is 26.3 Å². The SMILES string of the molecule is CCCS(=O)(=O)n1c(N)c(-c2ccccc2Cl)c(=O)n1C(C)C.